The fourth-order valence-electron chi connectivity index (χ4n) is 4.37. The lowest BCUT2D eigenvalue weighted by molar-refractivity contribution is -0.132. The van der Waals surface area contributed by atoms with Crippen LogP contribution in [-0.4, -0.2) is 29.0 Å². The number of aromatic hydroxyl groups is 1. The Hall–Kier alpha value is -4.06. The molecule has 2 N–H and O–H groups in total. The molecule has 180 valence electrons. The summed E-state index contributed by atoms with van der Waals surface area (Å²) in [6.07, 6.45) is 0. The number of phenols is 1. The number of hydrogen-bond donors (Lipinski definition) is 2. The van der Waals surface area contributed by atoms with Crippen molar-refractivity contribution in [2.75, 3.05) is 12.0 Å². The largest absolute Gasteiger partial charge is 0.508 e. The predicted octanol–water partition coefficient (Wildman–Crippen LogP) is 5.63. The Morgan fingerprint density at radius 3 is 2.14 bits per heavy atom. The molecule has 1 heterocycles. The van der Waals surface area contributed by atoms with Crippen molar-refractivity contribution in [1.82, 2.24) is 0 Å². The van der Waals surface area contributed by atoms with Crippen molar-refractivity contribution in [3.05, 3.63) is 94.6 Å². The number of aliphatic hydroxyl groups excluding tert-OH is 1. The molecule has 3 aromatic rings. The summed E-state index contributed by atoms with van der Waals surface area (Å²) in [5.74, 6) is -1.02. The molecule has 6 heteroatoms. The second kappa shape index (κ2) is 8.95. The Labute approximate surface area is 205 Å². The Morgan fingerprint density at radius 2 is 1.57 bits per heavy atom. The number of aryl methyl sites for hydroxylation is 1. The second-order valence-corrected chi connectivity index (χ2v) is 9.76. The highest BCUT2D eigenvalue weighted by molar-refractivity contribution is 6.51. The fraction of sp³-hybridized carbons (Fsp3) is 0.241. The van der Waals surface area contributed by atoms with Gasteiger partial charge in [0.15, 0.2) is 0 Å². The molecule has 0 spiro atoms. The van der Waals surface area contributed by atoms with Crippen molar-refractivity contribution in [2.24, 2.45) is 0 Å². The third-order valence-corrected chi connectivity index (χ3v) is 6.25. The zero-order valence-corrected chi connectivity index (χ0v) is 20.5. The first-order valence-electron chi connectivity index (χ1n) is 11.4. The summed E-state index contributed by atoms with van der Waals surface area (Å²) in [6, 6.07) is 17.9. The first kappa shape index (κ1) is 24.1. The number of phenolic OH excluding ortho intramolecular Hbond substituents is 1. The van der Waals surface area contributed by atoms with Crippen LogP contribution in [0.4, 0.5) is 5.69 Å². The van der Waals surface area contributed by atoms with E-state index in [1.54, 1.807) is 49.6 Å². The number of rotatable bonds is 4. The van der Waals surface area contributed by atoms with Crippen LogP contribution in [0, 0.1) is 6.92 Å². The molecule has 1 aliphatic rings. The average Bonchev–Trinajstić information content (AvgIpc) is 3.09. The molecule has 1 unspecified atom stereocenters. The fourth-order valence-corrected chi connectivity index (χ4v) is 4.37. The van der Waals surface area contributed by atoms with Crippen LogP contribution in [0.2, 0.25) is 0 Å². The van der Waals surface area contributed by atoms with Gasteiger partial charge < -0.3 is 14.9 Å². The number of benzene rings is 3. The summed E-state index contributed by atoms with van der Waals surface area (Å²) >= 11 is 0. The van der Waals surface area contributed by atoms with Gasteiger partial charge in [-0.2, -0.15) is 0 Å². The molecule has 1 amide bonds. The first-order valence-corrected chi connectivity index (χ1v) is 11.4. The monoisotopic (exact) mass is 471 g/mol. The van der Waals surface area contributed by atoms with E-state index in [4.69, 9.17) is 4.74 Å². The summed E-state index contributed by atoms with van der Waals surface area (Å²) in [6.45, 7) is 8.02. The SMILES string of the molecule is COc1ccc(/C(O)=C2/C(=O)C(=O)N(c3ccc(C)cc3)C2c2ccc(O)cc2)cc1C(C)(C)C. The third kappa shape index (κ3) is 4.39. The summed E-state index contributed by atoms with van der Waals surface area (Å²) in [5.41, 5.74) is 3.13. The van der Waals surface area contributed by atoms with E-state index in [1.807, 2.05) is 39.8 Å². The molecular formula is C29H29NO5. The van der Waals surface area contributed by atoms with Gasteiger partial charge in [-0.15, -0.1) is 0 Å². The first-order chi connectivity index (χ1) is 16.5. The van der Waals surface area contributed by atoms with Crippen LogP contribution in [0.5, 0.6) is 11.5 Å². The highest BCUT2D eigenvalue weighted by Crippen LogP contribution is 2.43. The third-order valence-electron chi connectivity index (χ3n) is 6.25. The zero-order valence-electron chi connectivity index (χ0n) is 20.5. The van der Waals surface area contributed by atoms with E-state index in [0.717, 1.165) is 11.1 Å². The minimum Gasteiger partial charge on any atom is -0.508 e. The molecule has 3 aromatic carbocycles. The number of amides is 1. The van der Waals surface area contributed by atoms with Gasteiger partial charge in [0, 0.05) is 16.8 Å². The summed E-state index contributed by atoms with van der Waals surface area (Å²) in [5, 5.41) is 21.3. The van der Waals surface area contributed by atoms with Crippen molar-refractivity contribution >= 4 is 23.1 Å². The van der Waals surface area contributed by atoms with E-state index in [1.165, 1.54) is 17.0 Å². The van der Waals surface area contributed by atoms with Crippen LogP contribution < -0.4 is 9.64 Å². The van der Waals surface area contributed by atoms with Crippen LogP contribution in [0.25, 0.3) is 5.76 Å². The predicted molar refractivity (Wildman–Crippen MR) is 136 cm³/mol. The van der Waals surface area contributed by atoms with Crippen molar-refractivity contribution in [3.8, 4) is 11.5 Å². The highest BCUT2D eigenvalue weighted by Gasteiger charge is 2.47. The van der Waals surface area contributed by atoms with Gasteiger partial charge in [-0.3, -0.25) is 14.5 Å². The summed E-state index contributed by atoms with van der Waals surface area (Å²) in [4.78, 5) is 28.0. The van der Waals surface area contributed by atoms with Crippen LogP contribution in [0.3, 0.4) is 0 Å². The maximum atomic E-state index is 13.3. The molecule has 1 fully saturated rings. The van der Waals surface area contributed by atoms with E-state index in [9.17, 15) is 19.8 Å². The molecule has 1 atom stereocenters. The number of carbonyl (C=O) groups is 2. The van der Waals surface area contributed by atoms with Crippen molar-refractivity contribution < 1.29 is 24.5 Å². The number of hydrogen-bond acceptors (Lipinski definition) is 5. The standard InChI is InChI=1S/C29H29NO5/c1-17-6-11-20(12-7-17)30-25(18-8-13-21(31)14-9-18)24(27(33)28(30)34)26(32)19-10-15-23(35-5)22(16-19)29(2,3)4/h6-16,25,31-32H,1-5H3/b26-24-. The van der Waals surface area contributed by atoms with Gasteiger partial charge in [-0.25, -0.2) is 0 Å². The van der Waals surface area contributed by atoms with Crippen molar-refractivity contribution in [3.63, 3.8) is 0 Å². The molecule has 0 bridgehead atoms. The molecule has 6 nitrogen and oxygen atoms in total. The molecule has 0 saturated carbocycles. The molecule has 0 aromatic heterocycles. The Kier molecular flexibility index (Phi) is 6.15. The van der Waals surface area contributed by atoms with Crippen LogP contribution >= 0.6 is 0 Å². The maximum Gasteiger partial charge on any atom is 0.300 e. The Balaban J connectivity index is 1.95. The van der Waals surface area contributed by atoms with E-state index >= 15 is 0 Å². The van der Waals surface area contributed by atoms with Gasteiger partial charge in [0.25, 0.3) is 11.7 Å². The molecule has 1 saturated heterocycles. The number of ketones is 1. The van der Waals surface area contributed by atoms with Crippen molar-refractivity contribution in [2.45, 2.75) is 39.2 Å². The lowest BCUT2D eigenvalue weighted by atomic mass is 9.84. The lowest BCUT2D eigenvalue weighted by Crippen LogP contribution is -2.29. The molecule has 4 rings (SSSR count). The van der Waals surface area contributed by atoms with E-state index in [2.05, 4.69) is 0 Å². The van der Waals surface area contributed by atoms with Gasteiger partial charge in [0.2, 0.25) is 0 Å². The van der Waals surface area contributed by atoms with E-state index < -0.39 is 17.7 Å². The normalized spacial score (nSPS) is 17.6. The van der Waals surface area contributed by atoms with Crippen LogP contribution in [0.15, 0.2) is 72.3 Å². The number of aliphatic hydroxyl groups is 1. The zero-order chi connectivity index (χ0) is 25.5. The summed E-state index contributed by atoms with van der Waals surface area (Å²) in [7, 11) is 1.59. The number of ether oxygens (including phenoxy) is 1. The molecule has 1 aliphatic heterocycles. The Morgan fingerprint density at radius 1 is 0.943 bits per heavy atom. The van der Waals surface area contributed by atoms with E-state index in [0.29, 0.717) is 22.6 Å². The van der Waals surface area contributed by atoms with Crippen LogP contribution in [-0.2, 0) is 15.0 Å². The molecule has 0 aliphatic carbocycles. The minimum absolute atomic E-state index is 0.00806. The van der Waals surface area contributed by atoms with Gasteiger partial charge >= 0.3 is 0 Å². The molecule has 0 radical (unpaired) electrons. The molecule has 35 heavy (non-hydrogen) atoms. The lowest BCUT2D eigenvalue weighted by Gasteiger charge is -2.26. The summed E-state index contributed by atoms with van der Waals surface area (Å²) < 4.78 is 5.51. The van der Waals surface area contributed by atoms with E-state index in [-0.39, 0.29) is 22.5 Å². The number of anilines is 1. The van der Waals surface area contributed by atoms with Crippen LogP contribution in [0.1, 0.15) is 49.1 Å². The van der Waals surface area contributed by atoms with Gasteiger partial charge in [0.05, 0.1) is 18.7 Å². The Bertz CT molecular complexity index is 1310. The average molecular weight is 472 g/mol. The number of nitrogens with zero attached hydrogens (tertiary/aromatic N) is 1. The highest BCUT2D eigenvalue weighted by atomic mass is 16.5. The number of Topliss-reactive ketones (excluding diaryl/α,β-unsaturated/α-hetero) is 1. The minimum atomic E-state index is -0.863. The number of carbonyl (C=O) groups excluding carboxylic acids is 2. The molecular weight excluding hydrogens is 442 g/mol. The van der Waals surface area contributed by atoms with Gasteiger partial charge in [-0.1, -0.05) is 50.6 Å². The smallest absolute Gasteiger partial charge is 0.300 e. The van der Waals surface area contributed by atoms with Gasteiger partial charge in [-0.05, 0) is 60.4 Å². The quantitative estimate of drug-likeness (QED) is 0.292. The number of methoxy groups -OCH3 is 1. The topological polar surface area (TPSA) is 87.1 Å². The maximum absolute atomic E-state index is 13.3. The van der Waals surface area contributed by atoms with Crippen molar-refractivity contribution in [1.29, 1.82) is 0 Å². The van der Waals surface area contributed by atoms with Gasteiger partial charge in [0.1, 0.15) is 17.3 Å². The second-order valence-electron chi connectivity index (χ2n) is 9.76.